The van der Waals surface area contributed by atoms with E-state index < -0.39 is 0 Å². The molecule has 1 aromatic carbocycles. The topological polar surface area (TPSA) is 38.5 Å². The highest BCUT2D eigenvalue weighted by Crippen LogP contribution is 2.24. The van der Waals surface area contributed by atoms with Crippen LogP contribution >= 0.6 is 0 Å². The molecule has 1 atom stereocenters. The molecule has 0 bridgehead atoms. The van der Waals surface area contributed by atoms with Crippen LogP contribution in [0.2, 0.25) is 0 Å². The number of hydrogen-bond donors (Lipinski definition) is 1. The van der Waals surface area contributed by atoms with Gasteiger partial charge >= 0.3 is 0 Å². The first-order valence-electron chi connectivity index (χ1n) is 5.14. The summed E-state index contributed by atoms with van der Waals surface area (Å²) in [5.74, 6) is 0.885. The maximum atomic E-state index is 5.83. The summed E-state index contributed by atoms with van der Waals surface area (Å²) >= 11 is 0. The number of nitrogens with two attached hydrogens (primary N) is 1. The average molecular weight is 208 g/mol. The van der Waals surface area contributed by atoms with Crippen LogP contribution in [0.5, 0.6) is 5.75 Å². The summed E-state index contributed by atoms with van der Waals surface area (Å²) < 4.78 is 5.21. The Hall–Kier alpha value is -1.22. The van der Waals surface area contributed by atoms with Gasteiger partial charge in [-0.25, -0.2) is 0 Å². The van der Waals surface area contributed by atoms with Gasteiger partial charge in [-0.15, -0.1) is 0 Å². The Bertz CT molecular complexity index is 321. The average Bonchev–Trinajstić information content (AvgIpc) is 2.16. The standard InChI is InChI=1S/C12H20N2O/c1-9(13)7-10-8-11(15-4)5-6-12(10)14(2)3/h5-6,8-9H,7,13H2,1-4H3. The molecule has 0 saturated heterocycles. The third kappa shape index (κ3) is 3.13. The third-order valence-corrected chi connectivity index (χ3v) is 2.31. The minimum Gasteiger partial charge on any atom is -0.497 e. The zero-order valence-electron chi connectivity index (χ0n) is 9.95. The van der Waals surface area contributed by atoms with Crippen LogP contribution in [-0.2, 0) is 6.42 Å². The quantitative estimate of drug-likeness (QED) is 0.817. The second kappa shape index (κ2) is 5.03. The number of anilines is 1. The van der Waals surface area contributed by atoms with Gasteiger partial charge in [-0.05, 0) is 37.1 Å². The molecule has 0 aliphatic heterocycles. The number of rotatable bonds is 4. The summed E-state index contributed by atoms with van der Waals surface area (Å²) in [6, 6.07) is 6.26. The third-order valence-electron chi connectivity index (χ3n) is 2.31. The van der Waals surface area contributed by atoms with Crippen LogP contribution in [0.3, 0.4) is 0 Å². The lowest BCUT2D eigenvalue weighted by atomic mass is 10.0. The molecule has 0 heterocycles. The first-order valence-corrected chi connectivity index (χ1v) is 5.14. The van der Waals surface area contributed by atoms with Gasteiger partial charge in [0, 0.05) is 25.8 Å². The predicted octanol–water partition coefficient (Wildman–Crippen LogP) is 1.65. The minimum absolute atomic E-state index is 0.163. The fourth-order valence-electron chi connectivity index (χ4n) is 1.64. The molecule has 1 rings (SSSR count). The summed E-state index contributed by atoms with van der Waals surface area (Å²) in [7, 11) is 5.75. The van der Waals surface area contributed by atoms with Gasteiger partial charge in [0.05, 0.1) is 7.11 Å². The molecule has 0 radical (unpaired) electrons. The Kier molecular flexibility index (Phi) is 3.97. The summed E-state index contributed by atoms with van der Waals surface area (Å²) in [5, 5.41) is 0. The van der Waals surface area contributed by atoms with Gasteiger partial charge in [0.2, 0.25) is 0 Å². The highest BCUT2D eigenvalue weighted by atomic mass is 16.5. The van der Waals surface area contributed by atoms with Gasteiger partial charge in [-0.1, -0.05) is 0 Å². The van der Waals surface area contributed by atoms with Crippen LogP contribution in [0, 0.1) is 0 Å². The first-order chi connectivity index (χ1) is 7.04. The Morgan fingerprint density at radius 2 is 2.07 bits per heavy atom. The zero-order valence-corrected chi connectivity index (χ0v) is 9.95. The number of methoxy groups -OCH3 is 1. The fourth-order valence-corrected chi connectivity index (χ4v) is 1.64. The van der Waals surface area contributed by atoms with Crippen molar-refractivity contribution in [3.8, 4) is 5.75 Å². The lowest BCUT2D eigenvalue weighted by Crippen LogP contribution is -2.20. The van der Waals surface area contributed by atoms with E-state index in [-0.39, 0.29) is 6.04 Å². The molecule has 0 aliphatic carbocycles. The molecular weight excluding hydrogens is 188 g/mol. The number of ether oxygens (including phenoxy) is 1. The van der Waals surface area contributed by atoms with E-state index in [9.17, 15) is 0 Å². The van der Waals surface area contributed by atoms with Gasteiger partial charge in [0.25, 0.3) is 0 Å². The second-order valence-corrected chi connectivity index (χ2v) is 4.07. The van der Waals surface area contributed by atoms with Crippen molar-refractivity contribution in [2.45, 2.75) is 19.4 Å². The van der Waals surface area contributed by atoms with Gasteiger partial charge in [0.15, 0.2) is 0 Å². The Balaban J connectivity index is 3.05. The predicted molar refractivity (Wildman–Crippen MR) is 64.7 cm³/mol. The van der Waals surface area contributed by atoms with E-state index in [1.807, 2.05) is 27.1 Å². The molecular formula is C12H20N2O. The van der Waals surface area contributed by atoms with E-state index in [4.69, 9.17) is 10.5 Å². The molecule has 3 heteroatoms. The molecule has 2 N–H and O–H groups in total. The van der Waals surface area contributed by atoms with Crippen molar-refractivity contribution >= 4 is 5.69 Å². The molecule has 1 unspecified atom stereocenters. The first kappa shape index (κ1) is 11.9. The van der Waals surface area contributed by atoms with Crippen LogP contribution in [0.15, 0.2) is 18.2 Å². The van der Waals surface area contributed by atoms with Gasteiger partial charge in [-0.3, -0.25) is 0 Å². The van der Waals surface area contributed by atoms with Crippen LogP contribution in [0.4, 0.5) is 5.69 Å². The minimum atomic E-state index is 0.163. The summed E-state index contributed by atoms with van der Waals surface area (Å²) in [6.07, 6.45) is 0.866. The maximum Gasteiger partial charge on any atom is 0.119 e. The second-order valence-electron chi connectivity index (χ2n) is 4.07. The molecule has 0 spiro atoms. The Labute approximate surface area is 91.8 Å². The summed E-state index contributed by atoms with van der Waals surface area (Å²) in [6.45, 7) is 2.01. The van der Waals surface area contributed by atoms with Crippen molar-refractivity contribution in [2.24, 2.45) is 5.73 Å². The molecule has 0 saturated carbocycles. The van der Waals surface area contributed by atoms with Crippen molar-refractivity contribution < 1.29 is 4.74 Å². The molecule has 3 nitrogen and oxygen atoms in total. The summed E-state index contributed by atoms with van der Waals surface area (Å²) in [5.41, 5.74) is 8.26. The van der Waals surface area contributed by atoms with Crippen LogP contribution in [0.25, 0.3) is 0 Å². The van der Waals surface area contributed by atoms with Crippen LogP contribution in [0.1, 0.15) is 12.5 Å². The Morgan fingerprint density at radius 1 is 1.40 bits per heavy atom. The largest absolute Gasteiger partial charge is 0.497 e. The van der Waals surface area contributed by atoms with Crippen molar-refractivity contribution in [3.63, 3.8) is 0 Å². The van der Waals surface area contributed by atoms with Gasteiger partial charge in [-0.2, -0.15) is 0 Å². The van der Waals surface area contributed by atoms with E-state index in [1.54, 1.807) is 7.11 Å². The normalized spacial score (nSPS) is 12.3. The summed E-state index contributed by atoms with van der Waals surface area (Å²) in [4.78, 5) is 2.09. The van der Waals surface area contributed by atoms with Gasteiger partial charge < -0.3 is 15.4 Å². The molecule has 0 fully saturated rings. The van der Waals surface area contributed by atoms with Crippen molar-refractivity contribution in [2.75, 3.05) is 26.1 Å². The highest BCUT2D eigenvalue weighted by molar-refractivity contribution is 5.55. The van der Waals surface area contributed by atoms with Crippen molar-refractivity contribution in [1.82, 2.24) is 0 Å². The lowest BCUT2D eigenvalue weighted by molar-refractivity contribution is 0.414. The molecule has 1 aromatic rings. The molecule has 0 aromatic heterocycles. The van der Waals surface area contributed by atoms with E-state index in [0.717, 1.165) is 12.2 Å². The molecule has 84 valence electrons. The molecule has 15 heavy (non-hydrogen) atoms. The zero-order chi connectivity index (χ0) is 11.4. The smallest absolute Gasteiger partial charge is 0.119 e. The van der Waals surface area contributed by atoms with Crippen LogP contribution in [-0.4, -0.2) is 27.2 Å². The van der Waals surface area contributed by atoms with Crippen LogP contribution < -0.4 is 15.4 Å². The molecule has 0 amide bonds. The number of nitrogens with zero attached hydrogens (tertiary/aromatic N) is 1. The van der Waals surface area contributed by atoms with Crippen molar-refractivity contribution in [1.29, 1.82) is 0 Å². The number of benzene rings is 1. The van der Waals surface area contributed by atoms with E-state index in [1.165, 1.54) is 11.3 Å². The monoisotopic (exact) mass is 208 g/mol. The van der Waals surface area contributed by atoms with E-state index in [2.05, 4.69) is 17.0 Å². The fraction of sp³-hybridized carbons (Fsp3) is 0.500. The molecule has 0 aliphatic rings. The SMILES string of the molecule is COc1ccc(N(C)C)c(CC(C)N)c1. The van der Waals surface area contributed by atoms with Crippen molar-refractivity contribution in [3.05, 3.63) is 23.8 Å². The van der Waals surface area contributed by atoms with E-state index >= 15 is 0 Å². The van der Waals surface area contributed by atoms with E-state index in [0.29, 0.717) is 0 Å². The lowest BCUT2D eigenvalue weighted by Gasteiger charge is -2.19. The number of hydrogen-bond acceptors (Lipinski definition) is 3. The van der Waals surface area contributed by atoms with Gasteiger partial charge in [0.1, 0.15) is 5.75 Å². The Morgan fingerprint density at radius 3 is 2.53 bits per heavy atom. The highest BCUT2D eigenvalue weighted by Gasteiger charge is 2.08. The maximum absolute atomic E-state index is 5.83.